The first-order chi connectivity index (χ1) is 9.42. The molecule has 0 heterocycles. The Hall–Kier alpha value is -0.620. The molecule has 0 saturated carbocycles. The Kier molecular flexibility index (Phi) is 9.84. The topological polar surface area (TPSA) is 72.5 Å². The number of carbonyl (C=O) groups excluding carboxylic acids is 1. The molecule has 0 saturated heterocycles. The van der Waals surface area contributed by atoms with Gasteiger partial charge in [0.2, 0.25) is 0 Å². The van der Waals surface area contributed by atoms with E-state index in [9.17, 15) is 13.2 Å². The van der Waals surface area contributed by atoms with Gasteiger partial charge in [0.05, 0.1) is 24.5 Å². The fraction of sp³-hybridized carbons (Fsp3) is 0.929. The Morgan fingerprint density at radius 2 is 1.85 bits per heavy atom. The third-order valence-electron chi connectivity index (χ3n) is 3.39. The number of methoxy groups -OCH3 is 1. The first-order valence-electron chi connectivity index (χ1n) is 7.44. The molecule has 5 nitrogen and oxygen atoms in total. The third-order valence-corrected chi connectivity index (χ3v) is 5.74. The lowest BCUT2D eigenvalue weighted by Crippen LogP contribution is -2.45. The van der Waals surface area contributed by atoms with Gasteiger partial charge in [0.15, 0.2) is 9.84 Å². The van der Waals surface area contributed by atoms with Crippen molar-refractivity contribution in [2.45, 2.75) is 64.2 Å². The first kappa shape index (κ1) is 19.4. The largest absolute Gasteiger partial charge is 0.469 e. The van der Waals surface area contributed by atoms with Gasteiger partial charge in [-0.15, -0.1) is 0 Å². The minimum Gasteiger partial charge on any atom is -0.469 e. The summed E-state index contributed by atoms with van der Waals surface area (Å²) in [4.78, 5) is 11.1. The lowest BCUT2D eigenvalue weighted by molar-refractivity contribution is -0.140. The summed E-state index contributed by atoms with van der Waals surface area (Å²) in [6.07, 6.45) is 3.23. The Balaban J connectivity index is 4.84. The maximum Gasteiger partial charge on any atom is 0.306 e. The van der Waals surface area contributed by atoms with Crippen LogP contribution in [-0.2, 0) is 19.4 Å². The highest BCUT2D eigenvalue weighted by Crippen LogP contribution is 2.17. The van der Waals surface area contributed by atoms with Gasteiger partial charge in [-0.2, -0.15) is 0 Å². The number of hydrogen-bond donors (Lipinski definition) is 1. The number of hydrogen-bond acceptors (Lipinski definition) is 5. The molecule has 0 aromatic carbocycles. The molecule has 0 aromatic rings. The van der Waals surface area contributed by atoms with Crippen LogP contribution in [0.5, 0.6) is 0 Å². The van der Waals surface area contributed by atoms with Crippen LogP contribution < -0.4 is 5.32 Å². The van der Waals surface area contributed by atoms with Crippen molar-refractivity contribution in [2.24, 2.45) is 0 Å². The van der Waals surface area contributed by atoms with E-state index in [-0.39, 0.29) is 18.2 Å². The summed E-state index contributed by atoms with van der Waals surface area (Å²) < 4.78 is 29.3. The van der Waals surface area contributed by atoms with Crippen LogP contribution in [0.15, 0.2) is 0 Å². The Morgan fingerprint density at radius 3 is 2.30 bits per heavy atom. The summed E-state index contributed by atoms with van der Waals surface area (Å²) >= 11 is 0. The summed E-state index contributed by atoms with van der Waals surface area (Å²) in [5.74, 6) is -0.608. The van der Waals surface area contributed by atoms with Crippen molar-refractivity contribution in [1.82, 2.24) is 5.32 Å². The maximum atomic E-state index is 12.4. The SMILES string of the molecule is CCCNC(CCC)C(CC)S(=O)(=O)CCC(=O)OC. The van der Waals surface area contributed by atoms with Gasteiger partial charge in [-0.3, -0.25) is 4.79 Å². The van der Waals surface area contributed by atoms with Crippen molar-refractivity contribution in [3.05, 3.63) is 0 Å². The van der Waals surface area contributed by atoms with Crippen LogP contribution >= 0.6 is 0 Å². The average Bonchev–Trinajstić information content (AvgIpc) is 2.42. The van der Waals surface area contributed by atoms with Crippen LogP contribution in [0.1, 0.15) is 52.9 Å². The molecule has 20 heavy (non-hydrogen) atoms. The predicted molar refractivity (Wildman–Crippen MR) is 81.5 cm³/mol. The second-order valence-electron chi connectivity index (χ2n) is 4.99. The van der Waals surface area contributed by atoms with Gasteiger partial charge in [-0.25, -0.2) is 8.42 Å². The second-order valence-corrected chi connectivity index (χ2v) is 7.33. The van der Waals surface area contributed by atoms with Crippen molar-refractivity contribution < 1.29 is 17.9 Å². The smallest absolute Gasteiger partial charge is 0.306 e. The van der Waals surface area contributed by atoms with Crippen molar-refractivity contribution >= 4 is 15.8 Å². The molecule has 0 amide bonds. The fourth-order valence-electron chi connectivity index (χ4n) is 2.33. The third kappa shape index (κ3) is 6.70. The van der Waals surface area contributed by atoms with Crippen molar-refractivity contribution in [3.8, 4) is 0 Å². The molecule has 2 atom stereocenters. The molecule has 2 unspecified atom stereocenters. The molecule has 1 N–H and O–H groups in total. The van der Waals surface area contributed by atoms with Crippen molar-refractivity contribution in [2.75, 3.05) is 19.4 Å². The van der Waals surface area contributed by atoms with E-state index >= 15 is 0 Å². The molecule has 0 aromatic heterocycles. The van der Waals surface area contributed by atoms with Gasteiger partial charge in [-0.05, 0) is 25.8 Å². The highest BCUT2D eigenvalue weighted by molar-refractivity contribution is 7.92. The number of nitrogens with one attached hydrogen (secondary N) is 1. The Labute approximate surface area is 123 Å². The fourth-order valence-corrected chi connectivity index (χ4v) is 4.32. The molecular formula is C14H29NO4S. The van der Waals surface area contributed by atoms with Gasteiger partial charge in [0, 0.05) is 6.04 Å². The van der Waals surface area contributed by atoms with Crippen LogP contribution in [0, 0.1) is 0 Å². The Morgan fingerprint density at radius 1 is 1.20 bits per heavy atom. The Bertz CT molecular complexity index is 367. The van der Waals surface area contributed by atoms with E-state index in [1.165, 1.54) is 7.11 Å². The molecule has 0 radical (unpaired) electrons. The minimum absolute atomic E-state index is 0.0346. The monoisotopic (exact) mass is 307 g/mol. The predicted octanol–water partition coefficient (Wildman–Crippen LogP) is 1.91. The van der Waals surface area contributed by atoms with Gasteiger partial charge >= 0.3 is 5.97 Å². The van der Waals surface area contributed by atoms with Crippen LogP contribution in [0.3, 0.4) is 0 Å². The number of ether oxygens (including phenoxy) is 1. The molecule has 0 aliphatic rings. The van der Waals surface area contributed by atoms with Gasteiger partial charge in [0.25, 0.3) is 0 Å². The van der Waals surface area contributed by atoms with Crippen molar-refractivity contribution in [3.63, 3.8) is 0 Å². The zero-order valence-electron chi connectivity index (χ0n) is 13.1. The highest BCUT2D eigenvalue weighted by Gasteiger charge is 2.31. The normalized spacial score (nSPS) is 14.8. The molecule has 120 valence electrons. The number of rotatable bonds is 11. The zero-order valence-corrected chi connectivity index (χ0v) is 14.0. The lowest BCUT2D eigenvalue weighted by Gasteiger charge is -2.27. The average molecular weight is 307 g/mol. The van der Waals surface area contributed by atoms with E-state index in [4.69, 9.17) is 0 Å². The highest BCUT2D eigenvalue weighted by atomic mass is 32.2. The minimum atomic E-state index is -3.29. The molecule has 6 heteroatoms. The van der Waals surface area contributed by atoms with E-state index < -0.39 is 21.1 Å². The number of sulfone groups is 1. The summed E-state index contributed by atoms with van der Waals surface area (Å²) in [7, 11) is -2.02. The van der Waals surface area contributed by atoms with Gasteiger partial charge < -0.3 is 10.1 Å². The molecule has 0 aliphatic heterocycles. The number of esters is 1. The van der Waals surface area contributed by atoms with Crippen LogP contribution in [0.4, 0.5) is 0 Å². The quantitative estimate of drug-likeness (QED) is 0.590. The van der Waals surface area contributed by atoms with E-state index in [1.54, 1.807) is 0 Å². The molecule has 0 fully saturated rings. The molecular weight excluding hydrogens is 278 g/mol. The zero-order chi connectivity index (χ0) is 15.6. The van der Waals surface area contributed by atoms with Gasteiger partial charge in [-0.1, -0.05) is 27.2 Å². The van der Waals surface area contributed by atoms with E-state index in [0.29, 0.717) is 6.42 Å². The number of carbonyl (C=O) groups is 1. The standard InChI is InChI=1S/C14H29NO4S/c1-5-8-12(15-10-6-2)13(7-3)20(17,18)11-9-14(16)19-4/h12-13,15H,5-11H2,1-4H3. The van der Waals surface area contributed by atoms with E-state index in [2.05, 4.69) is 23.9 Å². The van der Waals surface area contributed by atoms with Crippen molar-refractivity contribution in [1.29, 1.82) is 0 Å². The summed E-state index contributed by atoms with van der Waals surface area (Å²) in [5.41, 5.74) is 0. The maximum absolute atomic E-state index is 12.4. The molecule has 0 bridgehead atoms. The summed E-state index contributed by atoms with van der Waals surface area (Å²) in [6, 6.07) is -0.0346. The van der Waals surface area contributed by atoms with Gasteiger partial charge in [0.1, 0.15) is 0 Å². The molecule has 0 spiro atoms. The second kappa shape index (κ2) is 10.2. The first-order valence-corrected chi connectivity index (χ1v) is 9.16. The summed E-state index contributed by atoms with van der Waals surface area (Å²) in [5, 5.41) is 2.90. The van der Waals surface area contributed by atoms with Crippen LogP contribution in [0.25, 0.3) is 0 Å². The lowest BCUT2D eigenvalue weighted by atomic mass is 10.1. The van der Waals surface area contributed by atoms with E-state index in [1.807, 2.05) is 6.92 Å². The molecule has 0 aliphatic carbocycles. The van der Waals surface area contributed by atoms with Crippen LogP contribution in [0.2, 0.25) is 0 Å². The van der Waals surface area contributed by atoms with E-state index in [0.717, 1.165) is 25.8 Å². The molecule has 0 rings (SSSR count). The van der Waals surface area contributed by atoms with Crippen LogP contribution in [-0.4, -0.2) is 45.1 Å². The summed E-state index contributed by atoms with van der Waals surface area (Å²) in [6.45, 7) is 6.81.